The fraction of sp³-hybridized carbons (Fsp3) is 0.438. The van der Waals surface area contributed by atoms with Gasteiger partial charge in [0.2, 0.25) is 0 Å². The van der Waals surface area contributed by atoms with E-state index >= 15 is 0 Å². The fourth-order valence-electron chi connectivity index (χ4n) is 2.82. The molecule has 1 amide bonds. The maximum atomic E-state index is 12.5. The lowest BCUT2D eigenvalue weighted by molar-refractivity contribution is -0.129. The minimum atomic E-state index is 0.140. The van der Waals surface area contributed by atoms with Gasteiger partial charge in [0.1, 0.15) is 12.4 Å². The minimum absolute atomic E-state index is 0.140. The van der Waals surface area contributed by atoms with Crippen molar-refractivity contribution in [3.8, 4) is 5.75 Å². The van der Waals surface area contributed by atoms with E-state index in [9.17, 15) is 4.79 Å². The molecule has 100 valence electrons. The lowest BCUT2D eigenvalue weighted by Gasteiger charge is -2.32. The molecule has 1 saturated heterocycles. The number of hydrogen-bond acceptors (Lipinski definition) is 2. The summed E-state index contributed by atoms with van der Waals surface area (Å²) in [5.41, 5.74) is 1.77. The van der Waals surface area contributed by atoms with Crippen LogP contribution in [0.2, 0.25) is 0 Å². The van der Waals surface area contributed by atoms with Crippen molar-refractivity contribution in [3.63, 3.8) is 0 Å². The van der Waals surface area contributed by atoms with Crippen molar-refractivity contribution in [1.82, 2.24) is 4.90 Å². The number of carbonyl (C=O) groups excluding carboxylic acids is 1. The van der Waals surface area contributed by atoms with Crippen LogP contribution in [0.5, 0.6) is 5.75 Å². The number of likely N-dealkylation sites (tertiary alicyclic amines) is 1. The van der Waals surface area contributed by atoms with Gasteiger partial charge in [-0.3, -0.25) is 4.79 Å². The molecule has 2 heterocycles. The maximum Gasteiger partial charge on any atom is 0.253 e. The molecule has 0 aromatic heterocycles. The Bertz CT molecular complexity index is 521. The molecule has 0 aliphatic carbocycles. The molecular formula is C16H19NO2. The monoisotopic (exact) mass is 257 g/mol. The zero-order chi connectivity index (χ0) is 13.2. The predicted molar refractivity (Wildman–Crippen MR) is 74.9 cm³/mol. The normalized spacial score (nSPS) is 22.3. The van der Waals surface area contributed by atoms with Gasteiger partial charge in [0.05, 0.1) is 5.57 Å². The third kappa shape index (κ3) is 2.50. The van der Waals surface area contributed by atoms with Crippen LogP contribution in [0.3, 0.4) is 0 Å². The Morgan fingerprint density at radius 1 is 1.37 bits per heavy atom. The minimum Gasteiger partial charge on any atom is -0.488 e. The van der Waals surface area contributed by atoms with Gasteiger partial charge in [-0.1, -0.05) is 25.1 Å². The first-order valence-electron chi connectivity index (χ1n) is 6.96. The van der Waals surface area contributed by atoms with Crippen molar-refractivity contribution in [2.45, 2.75) is 19.8 Å². The van der Waals surface area contributed by atoms with Gasteiger partial charge in [-0.2, -0.15) is 0 Å². The van der Waals surface area contributed by atoms with Crippen molar-refractivity contribution in [1.29, 1.82) is 0 Å². The smallest absolute Gasteiger partial charge is 0.253 e. The summed E-state index contributed by atoms with van der Waals surface area (Å²) in [6, 6.07) is 7.84. The molecule has 1 atom stereocenters. The Balaban J connectivity index is 1.80. The number of hydrogen-bond donors (Lipinski definition) is 0. The SMILES string of the molecule is C[C@@H]1CCCN(C(=O)C2=Cc3ccccc3OC2)C1. The van der Waals surface area contributed by atoms with Crippen LogP contribution in [-0.2, 0) is 4.79 Å². The van der Waals surface area contributed by atoms with Gasteiger partial charge in [-0.05, 0) is 30.9 Å². The Labute approximate surface area is 113 Å². The van der Waals surface area contributed by atoms with Crippen molar-refractivity contribution < 1.29 is 9.53 Å². The van der Waals surface area contributed by atoms with E-state index in [4.69, 9.17) is 4.74 Å². The van der Waals surface area contributed by atoms with Crippen LogP contribution in [-0.4, -0.2) is 30.5 Å². The molecule has 0 radical (unpaired) electrons. The largest absolute Gasteiger partial charge is 0.488 e. The first-order chi connectivity index (χ1) is 9.24. The van der Waals surface area contributed by atoms with Crippen LogP contribution >= 0.6 is 0 Å². The quantitative estimate of drug-likeness (QED) is 0.774. The molecule has 1 aromatic rings. The highest BCUT2D eigenvalue weighted by atomic mass is 16.5. The average Bonchev–Trinajstić information content (AvgIpc) is 2.46. The molecule has 0 bridgehead atoms. The number of fused-ring (bicyclic) bond motifs is 1. The van der Waals surface area contributed by atoms with E-state index in [0.717, 1.165) is 36.4 Å². The van der Waals surface area contributed by atoms with Gasteiger partial charge < -0.3 is 9.64 Å². The Hall–Kier alpha value is -1.77. The van der Waals surface area contributed by atoms with Crippen LogP contribution in [0.15, 0.2) is 29.8 Å². The maximum absolute atomic E-state index is 12.5. The van der Waals surface area contributed by atoms with Gasteiger partial charge in [0, 0.05) is 18.7 Å². The highest BCUT2D eigenvalue weighted by molar-refractivity contribution is 5.99. The zero-order valence-corrected chi connectivity index (χ0v) is 11.3. The summed E-state index contributed by atoms with van der Waals surface area (Å²) in [5, 5.41) is 0. The van der Waals surface area contributed by atoms with E-state index in [1.54, 1.807) is 0 Å². The van der Waals surface area contributed by atoms with E-state index < -0.39 is 0 Å². The summed E-state index contributed by atoms with van der Waals surface area (Å²) in [4.78, 5) is 14.5. The molecule has 0 spiro atoms. The van der Waals surface area contributed by atoms with Crippen LogP contribution in [0.4, 0.5) is 0 Å². The number of para-hydroxylation sites is 1. The third-order valence-electron chi connectivity index (χ3n) is 3.85. The van der Waals surface area contributed by atoms with Crippen molar-refractivity contribution >= 4 is 12.0 Å². The van der Waals surface area contributed by atoms with Crippen molar-refractivity contribution in [3.05, 3.63) is 35.4 Å². The molecule has 0 N–H and O–H groups in total. The lowest BCUT2D eigenvalue weighted by Crippen LogP contribution is -2.41. The number of piperidine rings is 1. The Kier molecular flexibility index (Phi) is 3.28. The molecule has 19 heavy (non-hydrogen) atoms. The topological polar surface area (TPSA) is 29.5 Å². The number of carbonyl (C=O) groups is 1. The van der Waals surface area contributed by atoms with E-state index in [1.807, 2.05) is 35.2 Å². The number of nitrogens with zero attached hydrogens (tertiary/aromatic N) is 1. The van der Waals surface area contributed by atoms with Gasteiger partial charge >= 0.3 is 0 Å². The summed E-state index contributed by atoms with van der Waals surface area (Å²) < 4.78 is 5.66. The molecule has 3 nitrogen and oxygen atoms in total. The highest BCUT2D eigenvalue weighted by Crippen LogP contribution is 2.27. The molecule has 2 aliphatic heterocycles. The molecule has 0 unspecified atom stereocenters. The summed E-state index contributed by atoms with van der Waals surface area (Å²) in [6.45, 7) is 4.35. The second-order valence-electron chi connectivity index (χ2n) is 5.49. The second-order valence-corrected chi connectivity index (χ2v) is 5.49. The number of amides is 1. The van der Waals surface area contributed by atoms with E-state index in [2.05, 4.69) is 6.92 Å². The van der Waals surface area contributed by atoms with E-state index in [-0.39, 0.29) is 5.91 Å². The van der Waals surface area contributed by atoms with Crippen molar-refractivity contribution in [2.75, 3.05) is 19.7 Å². The van der Waals surface area contributed by atoms with E-state index in [0.29, 0.717) is 12.5 Å². The van der Waals surface area contributed by atoms with Gasteiger partial charge in [-0.15, -0.1) is 0 Å². The van der Waals surface area contributed by atoms with Crippen LogP contribution < -0.4 is 4.74 Å². The first kappa shape index (κ1) is 12.3. The van der Waals surface area contributed by atoms with Gasteiger partial charge in [0.25, 0.3) is 5.91 Å². The molecule has 2 aliphatic rings. The Morgan fingerprint density at radius 3 is 3.05 bits per heavy atom. The van der Waals surface area contributed by atoms with Crippen LogP contribution in [0, 0.1) is 5.92 Å². The molecule has 0 saturated carbocycles. The second kappa shape index (κ2) is 5.08. The molecule has 1 fully saturated rings. The van der Waals surface area contributed by atoms with Crippen molar-refractivity contribution in [2.24, 2.45) is 5.92 Å². The zero-order valence-electron chi connectivity index (χ0n) is 11.3. The summed E-state index contributed by atoms with van der Waals surface area (Å²) in [5.74, 6) is 1.61. The summed E-state index contributed by atoms with van der Waals surface area (Å²) >= 11 is 0. The highest BCUT2D eigenvalue weighted by Gasteiger charge is 2.25. The number of rotatable bonds is 1. The molecule has 1 aromatic carbocycles. The van der Waals surface area contributed by atoms with Crippen LogP contribution in [0.1, 0.15) is 25.3 Å². The lowest BCUT2D eigenvalue weighted by atomic mass is 9.99. The predicted octanol–water partition coefficient (Wildman–Crippen LogP) is 2.72. The number of benzene rings is 1. The van der Waals surface area contributed by atoms with Gasteiger partial charge in [0.15, 0.2) is 0 Å². The van der Waals surface area contributed by atoms with Gasteiger partial charge in [-0.25, -0.2) is 0 Å². The average molecular weight is 257 g/mol. The summed E-state index contributed by atoms with van der Waals surface area (Å²) in [7, 11) is 0. The first-order valence-corrected chi connectivity index (χ1v) is 6.96. The summed E-state index contributed by atoms with van der Waals surface area (Å²) in [6.07, 6.45) is 4.31. The molecular weight excluding hydrogens is 238 g/mol. The Morgan fingerprint density at radius 2 is 2.21 bits per heavy atom. The standard InChI is InChI=1S/C16H19NO2/c1-12-5-4-8-17(10-12)16(18)14-9-13-6-2-3-7-15(13)19-11-14/h2-3,6-7,9,12H,4-5,8,10-11H2,1H3/t12-/m1/s1. The third-order valence-corrected chi connectivity index (χ3v) is 3.85. The molecule has 3 heteroatoms. The molecule has 3 rings (SSSR count). The number of ether oxygens (including phenoxy) is 1. The van der Waals surface area contributed by atoms with Crippen LogP contribution in [0.25, 0.3) is 6.08 Å². The van der Waals surface area contributed by atoms with E-state index in [1.165, 1.54) is 6.42 Å². The fourth-order valence-corrected chi connectivity index (χ4v) is 2.82.